The van der Waals surface area contributed by atoms with Crippen molar-refractivity contribution in [2.45, 2.75) is 23.8 Å². The Labute approximate surface area is 102 Å². The van der Waals surface area contributed by atoms with E-state index in [0.717, 1.165) is 19.4 Å². The lowest BCUT2D eigenvalue weighted by Gasteiger charge is -2.32. The second kappa shape index (κ2) is 4.62. The van der Waals surface area contributed by atoms with Gasteiger partial charge in [0, 0.05) is 31.6 Å². The van der Waals surface area contributed by atoms with E-state index in [9.17, 15) is 8.42 Å². The summed E-state index contributed by atoms with van der Waals surface area (Å²) in [6.07, 6.45) is 4.78. The zero-order valence-electron chi connectivity index (χ0n) is 9.83. The van der Waals surface area contributed by atoms with Crippen LogP contribution in [0.15, 0.2) is 23.2 Å². The number of piperidine rings is 1. The van der Waals surface area contributed by atoms with Crippen LogP contribution < -0.4 is 10.6 Å². The molecule has 0 aliphatic carbocycles. The Morgan fingerprint density at radius 1 is 1.53 bits per heavy atom. The van der Waals surface area contributed by atoms with E-state index in [0.29, 0.717) is 12.4 Å². The third kappa shape index (κ3) is 2.76. The van der Waals surface area contributed by atoms with Crippen molar-refractivity contribution in [3.63, 3.8) is 0 Å². The molecule has 6 heteroatoms. The third-order valence-corrected chi connectivity index (χ3v) is 4.03. The highest BCUT2D eigenvalue weighted by molar-refractivity contribution is 7.90. The highest BCUT2D eigenvalue weighted by Gasteiger charge is 2.23. The molecule has 94 valence electrons. The molecule has 0 bridgehead atoms. The Bertz CT molecular complexity index is 501. The van der Waals surface area contributed by atoms with Gasteiger partial charge in [-0.2, -0.15) is 0 Å². The SMILES string of the molecule is CS(=O)(=O)c1cccnc1N1CCC[C@@H](N)C1. The summed E-state index contributed by atoms with van der Waals surface area (Å²) in [4.78, 5) is 6.44. The van der Waals surface area contributed by atoms with Gasteiger partial charge in [0.1, 0.15) is 10.7 Å². The van der Waals surface area contributed by atoms with Gasteiger partial charge in [0.15, 0.2) is 9.84 Å². The van der Waals surface area contributed by atoms with E-state index in [1.807, 2.05) is 4.90 Å². The minimum absolute atomic E-state index is 0.0955. The van der Waals surface area contributed by atoms with E-state index in [1.54, 1.807) is 18.3 Å². The molecule has 0 radical (unpaired) electrons. The lowest BCUT2D eigenvalue weighted by molar-refractivity contribution is 0.500. The maximum Gasteiger partial charge on any atom is 0.179 e. The number of sulfone groups is 1. The van der Waals surface area contributed by atoms with Crippen molar-refractivity contribution in [3.8, 4) is 0 Å². The molecule has 5 nitrogen and oxygen atoms in total. The fourth-order valence-electron chi connectivity index (χ4n) is 2.11. The minimum Gasteiger partial charge on any atom is -0.354 e. The normalized spacial score (nSPS) is 21.5. The van der Waals surface area contributed by atoms with E-state index in [1.165, 1.54) is 6.26 Å². The second-order valence-electron chi connectivity index (χ2n) is 4.45. The number of nitrogens with zero attached hydrogens (tertiary/aromatic N) is 2. The van der Waals surface area contributed by atoms with Crippen LogP contribution in [0.4, 0.5) is 5.82 Å². The van der Waals surface area contributed by atoms with Gasteiger partial charge in [-0.1, -0.05) is 0 Å². The monoisotopic (exact) mass is 255 g/mol. The standard InChI is InChI=1S/C11H17N3O2S/c1-17(15,16)10-5-2-6-13-11(10)14-7-3-4-9(12)8-14/h2,5-6,9H,3-4,7-8,12H2,1H3/t9-/m1/s1. The maximum atomic E-state index is 11.7. The molecule has 0 spiro atoms. The summed E-state index contributed by atoms with van der Waals surface area (Å²) < 4.78 is 23.4. The van der Waals surface area contributed by atoms with E-state index in [-0.39, 0.29) is 10.9 Å². The molecular weight excluding hydrogens is 238 g/mol. The maximum absolute atomic E-state index is 11.7. The van der Waals surface area contributed by atoms with Crippen LogP contribution in [-0.4, -0.2) is 38.8 Å². The van der Waals surface area contributed by atoms with Gasteiger partial charge in [0.25, 0.3) is 0 Å². The smallest absolute Gasteiger partial charge is 0.179 e. The summed E-state index contributed by atoms with van der Waals surface area (Å²) in [7, 11) is -3.25. The zero-order chi connectivity index (χ0) is 12.5. The van der Waals surface area contributed by atoms with Gasteiger partial charge in [0.05, 0.1) is 0 Å². The Morgan fingerprint density at radius 2 is 2.29 bits per heavy atom. The summed E-state index contributed by atoms with van der Waals surface area (Å²) in [5.41, 5.74) is 5.90. The van der Waals surface area contributed by atoms with Crippen LogP contribution in [0.25, 0.3) is 0 Å². The van der Waals surface area contributed by atoms with Crippen molar-refractivity contribution < 1.29 is 8.42 Å². The number of nitrogens with two attached hydrogens (primary N) is 1. The average molecular weight is 255 g/mol. The molecule has 17 heavy (non-hydrogen) atoms. The fourth-order valence-corrected chi connectivity index (χ4v) is 2.95. The van der Waals surface area contributed by atoms with Gasteiger partial charge in [0.2, 0.25) is 0 Å². The Balaban J connectivity index is 2.38. The quantitative estimate of drug-likeness (QED) is 0.828. The third-order valence-electron chi connectivity index (χ3n) is 2.91. The van der Waals surface area contributed by atoms with Crippen molar-refractivity contribution in [3.05, 3.63) is 18.3 Å². The first-order valence-corrected chi connectivity index (χ1v) is 7.53. The summed E-state index contributed by atoms with van der Waals surface area (Å²) in [6, 6.07) is 3.33. The molecule has 0 aromatic carbocycles. The lowest BCUT2D eigenvalue weighted by atomic mass is 10.1. The molecule has 1 aromatic rings. The summed E-state index contributed by atoms with van der Waals surface area (Å²) in [6.45, 7) is 1.48. The van der Waals surface area contributed by atoms with E-state index in [2.05, 4.69) is 4.98 Å². The van der Waals surface area contributed by atoms with Crippen LogP contribution in [0.2, 0.25) is 0 Å². The van der Waals surface area contributed by atoms with Crippen LogP contribution >= 0.6 is 0 Å². The highest BCUT2D eigenvalue weighted by atomic mass is 32.2. The minimum atomic E-state index is -3.25. The van der Waals surface area contributed by atoms with Crippen molar-refractivity contribution in [1.82, 2.24) is 4.98 Å². The van der Waals surface area contributed by atoms with Gasteiger partial charge in [-0.25, -0.2) is 13.4 Å². The van der Waals surface area contributed by atoms with E-state index >= 15 is 0 Å². The fraction of sp³-hybridized carbons (Fsp3) is 0.545. The largest absolute Gasteiger partial charge is 0.354 e. The summed E-state index contributed by atoms with van der Waals surface area (Å²) >= 11 is 0. The van der Waals surface area contributed by atoms with Crippen LogP contribution in [-0.2, 0) is 9.84 Å². The van der Waals surface area contributed by atoms with Crippen molar-refractivity contribution in [1.29, 1.82) is 0 Å². The first-order valence-electron chi connectivity index (χ1n) is 5.64. The predicted molar refractivity (Wildman–Crippen MR) is 66.8 cm³/mol. The van der Waals surface area contributed by atoms with Gasteiger partial charge in [-0.05, 0) is 25.0 Å². The molecule has 0 amide bonds. The van der Waals surface area contributed by atoms with Gasteiger partial charge in [-0.3, -0.25) is 0 Å². The molecule has 1 aliphatic heterocycles. The van der Waals surface area contributed by atoms with Gasteiger partial charge < -0.3 is 10.6 Å². The Morgan fingerprint density at radius 3 is 2.94 bits per heavy atom. The number of aromatic nitrogens is 1. The first kappa shape index (κ1) is 12.3. The molecule has 1 fully saturated rings. The highest BCUT2D eigenvalue weighted by Crippen LogP contribution is 2.24. The van der Waals surface area contributed by atoms with Crippen molar-refractivity contribution in [2.75, 3.05) is 24.2 Å². The molecule has 2 rings (SSSR count). The second-order valence-corrected chi connectivity index (χ2v) is 6.43. The lowest BCUT2D eigenvalue weighted by Crippen LogP contribution is -2.43. The van der Waals surface area contributed by atoms with Crippen LogP contribution in [0, 0.1) is 0 Å². The van der Waals surface area contributed by atoms with Crippen LogP contribution in [0.1, 0.15) is 12.8 Å². The van der Waals surface area contributed by atoms with E-state index < -0.39 is 9.84 Å². The molecule has 2 heterocycles. The molecule has 1 atom stereocenters. The van der Waals surface area contributed by atoms with Gasteiger partial charge >= 0.3 is 0 Å². The molecule has 1 aromatic heterocycles. The average Bonchev–Trinajstić information content (AvgIpc) is 2.28. The molecule has 0 saturated carbocycles. The molecule has 1 saturated heterocycles. The Kier molecular flexibility index (Phi) is 3.35. The number of anilines is 1. The van der Waals surface area contributed by atoms with Crippen LogP contribution in [0.3, 0.4) is 0 Å². The van der Waals surface area contributed by atoms with Crippen molar-refractivity contribution >= 4 is 15.7 Å². The number of rotatable bonds is 2. The van der Waals surface area contributed by atoms with Crippen molar-refractivity contribution in [2.24, 2.45) is 5.73 Å². The molecular formula is C11H17N3O2S. The number of hydrogen-bond donors (Lipinski definition) is 1. The number of pyridine rings is 1. The zero-order valence-corrected chi connectivity index (χ0v) is 10.7. The van der Waals surface area contributed by atoms with Gasteiger partial charge in [-0.15, -0.1) is 0 Å². The van der Waals surface area contributed by atoms with Crippen LogP contribution in [0.5, 0.6) is 0 Å². The molecule has 2 N–H and O–H groups in total. The molecule has 0 unspecified atom stereocenters. The predicted octanol–water partition coefficient (Wildman–Crippen LogP) is 0.413. The summed E-state index contributed by atoms with van der Waals surface area (Å²) in [5, 5.41) is 0. The number of hydrogen-bond acceptors (Lipinski definition) is 5. The van der Waals surface area contributed by atoms with E-state index in [4.69, 9.17) is 5.73 Å². The topological polar surface area (TPSA) is 76.3 Å². The Hall–Kier alpha value is -1.14. The molecule has 1 aliphatic rings. The summed E-state index contributed by atoms with van der Waals surface area (Å²) in [5.74, 6) is 0.533. The first-order chi connectivity index (χ1) is 7.98.